The standard InChI is InChI=1S/C5H9Br.C5H11N.2CH3.Fe/c2*6-5-3-1-2-4-5;;;/h5H,1-4H2;5H,1-4,6H2;2*1H3;/q;;2*-1;+2. The van der Waals surface area contributed by atoms with Gasteiger partial charge in [0.25, 0.3) is 0 Å². The summed E-state index contributed by atoms with van der Waals surface area (Å²) in [4.78, 5) is 0.859. The molecule has 94 valence electrons. The summed E-state index contributed by atoms with van der Waals surface area (Å²) >= 11 is 3.54. The fourth-order valence-electron chi connectivity index (χ4n) is 1.83. The number of alkyl halides is 1. The van der Waals surface area contributed by atoms with E-state index in [0.29, 0.717) is 6.04 Å². The van der Waals surface area contributed by atoms with Crippen LogP contribution in [0.1, 0.15) is 51.4 Å². The summed E-state index contributed by atoms with van der Waals surface area (Å²) in [6.07, 6.45) is 10.9. The zero-order valence-electron chi connectivity index (χ0n) is 10.1. The average Bonchev–Trinajstić information content (AvgIpc) is 2.63. The van der Waals surface area contributed by atoms with Gasteiger partial charge in [0.1, 0.15) is 0 Å². The summed E-state index contributed by atoms with van der Waals surface area (Å²) in [5, 5.41) is 0. The summed E-state index contributed by atoms with van der Waals surface area (Å²) in [5.41, 5.74) is 5.53. The monoisotopic (exact) mass is 319 g/mol. The van der Waals surface area contributed by atoms with Gasteiger partial charge in [-0.1, -0.05) is 41.6 Å². The van der Waals surface area contributed by atoms with Crippen LogP contribution in [0.5, 0.6) is 0 Å². The van der Waals surface area contributed by atoms with Crippen molar-refractivity contribution >= 4 is 15.9 Å². The Morgan fingerprint density at radius 1 is 0.800 bits per heavy atom. The molecule has 3 heteroatoms. The zero-order chi connectivity index (χ0) is 8.81. The maximum absolute atomic E-state index is 5.53. The van der Waals surface area contributed by atoms with Crippen LogP contribution >= 0.6 is 15.9 Å². The van der Waals surface area contributed by atoms with Gasteiger partial charge >= 0.3 is 17.1 Å². The number of hydrogen-bond donors (Lipinski definition) is 1. The smallest absolute Gasteiger partial charge is 0.358 e. The normalized spacial score (nSPS) is 20.4. The van der Waals surface area contributed by atoms with Gasteiger partial charge in [0.2, 0.25) is 0 Å². The molecule has 0 aromatic carbocycles. The van der Waals surface area contributed by atoms with Gasteiger partial charge in [0.05, 0.1) is 0 Å². The molecule has 2 aliphatic rings. The Labute approximate surface area is 116 Å². The largest absolute Gasteiger partial charge is 2.00 e. The van der Waals surface area contributed by atoms with Crippen molar-refractivity contribution in [2.45, 2.75) is 62.2 Å². The molecule has 0 saturated heterocycles. The van der Waals surface area contributed by atoms with E-state index in [0.717, 1.165) is 4.83 Å². The molecular formula is C12H26BrFeN. The first-order valence-corrected chi connectivity index (χ1v) is 6.10. The van der Waals surface area contributed by atoms with E-state index in [1.807, 2.05) is 0 Å². The van der Waals surface area contributed by atoms with Crippen LogP contribution in [-0.2, 0) is 17.1 Å². The summed E-state index contributed by atoms with van der Waals surface area (Å²) in [5.74, 6) is 0. The van der Waals surface area contributed by atoms with Gasteiger partial charge in [-0.15, -0.1) is 0 Å². The predicted octanol–water partition coefficient (Wildman–Crippen LogP) is 4.11. The van der Waals surface area contributed by atoms with Crippen LogP contribution < -0.4 is 5.73 Å². The van der Waals surface area contributed by atoms with Crippen molar-refractivity contribution in [2.24, 2.45) is 5.73 Å². The Morgan fingerprint density at radius 3 is 1.27 bits per heavy atom. The molecule has 0 amide bonds. The number of hydrogen-bond acceptors (Lipinski definition) is 1. The fourth-order valence-corrected chi connectivity index (χ4v) is 2.48. The van der Waals surface area contributed by atoms with E-state index in [1.165, 1.54) is 51.4 Å². The van der Waals surface area contributed by atoms with E-state index in [2.05, 4.69) is 15.9 Å². The Kier molecular flexibility index (Phi) is 18.5. The molecular weight excluding hydrogens is 294 g/mol. The van der Waals surface area contributed by atoms with E-state index in [1.54, 1.807) is 0 Å². The fraction of sp³-hybridized carbons (Fsp3) is 0.833. The van der Waals surface area contributed by atoms with Crippen LogP contribution in [0, 0.1) is 14.9 Å². The first-order valence-electron chi connectivity index (χ1n) is 5.18. The van der Waals surface area contributed by atoms with Crippen LogP contribution in [0.25, 0.3) is 0 Å². The van der Waals surface area contributed by atoms with E-state index in [4.69, 9.17) is 5.73 Å². The first-order chi connectivity index (χ1) is 5.79. The van der Waals surface area contributed by atoms with E-state index < -0.39 is 0 Å². The van der Waals surface area contributed by atoms with Gasteiger partial charge in [-0.25, -0.2) is 0 Å². The van der Waals surface area contributed by atoms with Crippen LogP contribution in [0.3, 0.4) is 0 Å². The number of nitrogens with two attached hydrogens (primary N) is 1. The molecule has 2 rings (SSSR count). The molecule has 0 heterocycles. The van der Waals surface area contributed by atoms with Crippen LogP contribution in [0.15, 0.2) is 0 Å². The van der Waals surface area contributed by atoms with Crippen molar-refractivity contribution in [1.82, 2.24) is 0 Å². The molecule has 0 atom stereocenters. The summed E-state index contributed by atoms with van der Waals surface area (Å²) in [7, 11) is 0. The average molecular weight is 320 g/mol. The molecule has 0 aromatic rings. The van der Waals surface area contributed by atoms with Gasteiger partial charge in [0.15, 0.2) is 0 Å². The second kappa shape index (κ2) is 13.0. The number of rotatable bonds is 0. The molecule has 2 fully saturated rings. The second-order valence-corrected chi connectivity index (χ2v) is 5.22. The molecule has 15 heavy (non-hydrogen) atoms. The molecule has 0 spiro atoms. The zero-order valence-corrected chi connectivity index (χ0v) is 12.8. The van der Waals surface area contributed by atoms with E-state index in [9.17, 15) is 0 Å². The van der Waals surface area contributed by atoms with Crippen molar-refractivity contribution in [2.75, 3.05) is 0 Å². The van der Waals surface area contributed by atoms with Gasteiger partial charge in [-0.3, -0.25) is 0 Å². The first kappa shape index (κ1) is 21.3. The minimum Gasteiger partial charge on any atom is -0.358 e. The molecule has 1 nitrogen and oxygen atoms in total. The maximum Gasteiger partial charge on any atom is 2.00 e. The minimum atomic E-state index is 0. The van der Waals surface area contributed by atoms with Crippen LogP contribution in [0.4, 0.5) is 0 Å². The number of halogens is 1. The van der Waals surface area contributed by atoms with Crippen molar-refractivity contribution in [3.8, 4) is 0 Å². The van der Waals surface area contributed by atoms with Crippen LogP contribution in [-0.4, -0.2) is 10.9 Å². The molecule has 0 bridgehead atoms. The predicted molar refractivity (Wildman–Crippen MR) is 70.5 cm³/mol. The third-order valence-electron chi connectivity index (χ3n) is 2.68. The molecule has 2 aliphatic carbocycles. The van der Waals surface area contributed by atoms with Crippen molar-refractivity contribution in [3.05, 3.63) is 14.9 Å². The topological polar surface area (TPSA) is 26.0 Å². The van der Waals surface area contributed by atoms with Crippen molar-refractivity contribution in [1.29, 1.82) is 0 Å². The summed E-state index contributed by atoms with van der Waals surface area (Å²) in [6, 6.07) is 0.546. The molecule has 0 aromatic heterocycles. The Hall–Kier alpha value is 0.959. The Balaban J connectivity index is -0.000000160. The third kappa shape index (κ3) is 11.2. The van der Waals surface area contributed by atoms with Gasteiger partial charge in [-0.05, 0) is 25.7 Å². The van der Waals surface area contributed by atoms with E-state index in [-0.39, 0.29) is 31.9 Å². The molecule has 0 unspecified atom stereocenters. The Morgan fingerprint density at radius 2 is 1.13 bits per heavy atom. The van der Waals surface area contributed by atoms with Gasteiger partial charge in [-0.2, -0.15) is 0 Å². The summed E-state index contributed by atoms with van der Waals surface area (Å²) < 4.78 is 0. The van der Waals surface area contributed by atoms with Gasteiger partial charge < -0.3 is 20.6 Å². The third-order valence-corrected chi connectivity index (χ3v) is 3.60. The SMILES string of the molecule is BrC1CCCC1.NC1CCCC1.[CH3-].[CH3-].[Fe+2]. The molecule has 0 radical (unpaired) electrons. The van der Waals surface area contributed by atoms with Gasteiger partial charge in [0, 0.05) is 10.9 Å². The maximum atomic E-state index is 5.53. The Bertz CT molecular complexity index is 96.2. The van der Waals surface area contributed by atoms with Crippen molar-refractivity contribution in [3.63, 3.8) is 0 Å². The van der Waals surface area contributed by atoms with Crippen LogP contribution in [0.2, 0.25) is 0 Å². The van der Waals surface area contributed by atoms with E-state index >= 15 is 0 Å². The molecule has 0 aliphatic heterocycles. The van der Waals surface area contributed by atoms with Crippen molar-refractivity contribution < 1.29 is 17.1 Å². The quantitative estimate of drug-likeness (QED) is 0.406. The molecule has 2 N–H and O–H groups in total. The summed E-state index contributed by atoms with van der Waals surface area (Å²) in [6.45, 7) is 0. The second-order valence-electron chi connectivity index (χ2n) is 3.93. The molecule has 2 saturated carbocycles. The minimum absolute atomic E-state index is 0.